The molecule has 2 saturated carbocycles. The van der Waals surface area contributed by atoms with E-state index < -0.39 is 0 Å². The Kier molecular flexibility index (Phi) is 11.2. The normalized spacial score (nSPS) is 21.1. The summed E-state index contributed by atoms with van der Waals surface area (Å²) in [5.41, 5.74) is 9.22. The Hall–Kier alpha value is -3.79. The van der Waals surface area contributed by atoms with Crippen LogP contribution in [0.4, 0.5) is 0 Å². The standard InChI is InChI=1S/C44H48N2S/c1-3-31-5-15-37(16-6-31)39-19-9-33(10-20-39)25-41-27-35(29-45)13-23-43(41)47-44-24-14-36(30-46)28-42(44)26-34-11-21-40(22-12-34)38-17-7-32(4-2)8-18-38/h9-14,19-24,27-28,31-32,37-38H,3-8,15-18,25-26H2,1-2H3. The van der Waals surface area contributed by atoms with E-state index in [9.17, 15) is 10.5 Å². The molecule has 47 heavy (non-hydrogen) atoms. The Bertz CT molecular complexity index is 1580. The molecule has 4 aromatic rings. The number of hydrogen-bond acceptors (Lipinski definition) is 3. The van der Waals surface area contributed by atoms with E-state index in [1.165, 1.54) is 97.6 Å². The summed E-state index contributed by atoms with van der Waals surface area (Å²) < 4.78 is 0. The Labute approximate surface area is 287 Å². The second kappa shape index (κ2) is 15.9. The van der Waals surface area contributed by atoms with Crippen LogP contribution in [0.1, 0.15) is 134 Å². The van der Waals surface area contributed by atoms with Gasteiger partial charge in [0.1, 0.15) is 0 Å². The summed E-state index contributed by atoms with van der Waals surface area (Å²) in [4.78, 5) is 2.32. The molecule has 0 radical (unpaired) electrons. The van der Waals surface area contributed by atoms with Crippen LogP contribution >= 0.6 is 11.8 Å². The van der Waals surface area contributed by atoms with Crippen molar-refractivity contribution < 1.29 is 0 Å². The molecule has 0 unspecified atom stereocenters. The monoisotopic (exact) mass is 636 g/mol. The van der Waals surface area contributed by atoms with Gasteiger partial charge in [-0.2, -0.15) is 10.5 Å². The Morgan fingerprint density at radius 3 is 1.26 bits per heavy atom. The third-order valence-electron chi connectivity index (χ3n) is 11.1. The molecule has 0 aromatic heterocycles. The molecule has 0 atom stereocenters. The van der Waals surface area contributed by atoms with Gasteiger partial charge in [-0.3, -0.25) is 0 Å². The minimum absolute atomic E-state index is 0.687. The molecule has 4 aromatic carbocycles. The molecule has 3 heteroatoms. The lowest BCUT2D eigenvalue weighted by atomic mass is 9.78. The van der Waals surface area contributed by atoms with Crippen LogP contribution in [-0.2, 0) is 12.8 Å². The Balaban J connectivity index is 1.19. The molecule has 0 saturated heterocycles. The van der Waals surface area contributed by atoms with Crippen molar-refractivity contribution in [3.05, 3.63) is 129 Å². The van der Waals surface area contributed by atoms with Crippen LogP contribution in [0.2, 0.25) is 0 Å². The maximum absolute atomic E-state index is 9.73. The first-order chi connectivity index (χ1) is 23.0. The molecule has 2 fully saturated rings. The van der Waals surface area contributed by atoms with E-state index in [0.29, 0.717) is 23.0 Å². The highest BCUT2D eigenvalue weighted by atomic mass is 32.2. The molecule has 240 valence electrons. The van der Waals surface area contributed by atoms with Gasteiger partial charge >= 0.3 is 0 Å². The van der Waals surface area contributed by atoms with Crippen LogP contribution in [0.5, 0.6) is 0 Å². The highest BCUT2D eigenvalue weighted by Crippen LogP contribution is 2.40. The first-order valence-corrected chi connectivity index (χ1v) is 18.8. The predicted molar refractivity (Wildman–Crippen MR) is 195 cm³/mol. The van der Waals surface area contributed by atoms with Crippen molar-refractivity contribution in [1.29, 1.82) is 10.5 Å². The van der Waals surface area contributed by atoms with Crippen LogP contribution in [0, 0.1) is 34.5 Å². The summed E-state index contributed by atoms with van der Waals surface area (Å²) >= 11 is 1.76. The SMILES string of the molecule is CCC1CCC(c2ccc(Cc3cc(C#N)ccc3Sc3ccc(C#N)cc3Cc3ccc(C4CCC(CC)CC4)cc3)cc2)CC1. The topological polar surface area (TPSA) is 47.6 Å². The summed E-state index contributed by atoms with van der Waals surface area (Å²) in [6, 6.07) is 35.4. The summed E-state index contributed by atoms with van der Waals surface area (Å²) in [5.74, 6) is 3.19. The van der Waals surface area contributed by atoms with E-state index in [1.807, 2.05) is 12.1 Å². The van der Waals surface area contributed by atoms with Gasteiger partial charge in [0.15, 0.2) is 0 Å². The molecule has 0 amide bonds. The molecule has 0 heterocycles. The van der Waals surface area contributed by atoms with Crippen molar-refractivity contribution in [3.8, 4) is 12.1 Å². The van der Waals surface area contributed by atoms with Crippen molar-refractivity contribution >= 4 is 11.8 Å². The highest BCUT2D eigenvalue weighted by molar-refractivity contribution is 7.99. The van der Waals surface area contributed by atoms with Gasteiger partial charge in [-0.05, 0) is 158 Å². The summed E-state index contributed by atoms with van der Waals surface area (Å²) in [5, 5.41) is 19.5. The lowest BCUT2D eigenvalue weighted by Gasteiger charge is -2.28. The van der Waals surface area contributed by atoms with E-state index in [4.69, 9.17) is 0 Å². The Morgan fingerprint density at radius 1 is 0.532 bits per heavy atom. The van der Waals surface area contributed by atoms with E-state index in [2.05, 4.69) is 98.8 Å². The van der Waals surface area contributed by atoms with Gasteiger partial charge in [-0.25, -0.2) is 0 Å². The number of rotatable bonds is 10. The van der Waals surface area contributed by atoms with Crippen molar-refractivity contribution in [2.24, 2.45) is 11.8 Å². The minimum Gasteiger partial charge on any atom is -0.192 e. The van der Waals surface area contributed by atoms with Crippen LogP contribution in [0.25, 0.3) is 0 Å². The third kappa shape index (κ3) is 8.39. The van der Waals surface area contributed by atoms with Crippen molar-refractivity contribution in [1.82, 2.24) is 0 Å². The summed E-state index contributed by atoms with van der Waals surface area (Å²) in [6.45, 7) is 4.65. The zero-order chi connectivity index (χ0) is 32.6. The summed E-state index contributed by atoms with van der Waals surface area (Å²) in [6.07, 6.45) is 14.8. The molecular formula is C44H48N2S. The number of hydrogen-bond donors (Lipinski definition) is 0. The van der Waals surface area contributed by atoms with Gasteiger partial charge in [0.25, 0.3) is 0 Å². The molecule has 2 aliphatic carbocycles. The van der Waals surface area contributed by atoms with Gasteiger partial charge in [0, 0.05) is 9.79 Å². The average molecular weight is 637 g/mol. The Morgan fingerprint density at radius 2 is 0.915 bits per heavy atom. The molecule has 0 N–H and O–H groups in total. The second-order valence-corrected chi connectivity index (χ2v) is 15.1. The second-order valence-electron chi connectivity index (χ2n) is 14.1. The van der Waals surface area contributed by atoms with Crippen LogP contribution in [-0.4, -0.2) is 0 Å². The quantitative estimate of drug-likeness (QED) is 0.174. The number of nitrogens with zero attached hydrogens (tertiary/aromatic N) is 2. The molecule has 0 aliphatic heterocycles. The van der Waals surface area contributed by atoms with Crippen LogP contribution < -0.4 is 0 Å². The predicted octanol–water partition coefficient (Wildman–Crippen LogP) is 12.1. The smallest absolute Gasteiger partial charge is 0.0991 e. The zero-order valence-corrected chi connectivity index (χ0v) is 29.0. The van der Waals surface area contributed by atoms with E-state index in [0.717, 1.165) is 34.5 Å². The van der Waals surface area contributed by atoms with Gasteiger partial charge < -0.3 is 0 Å². The third-order valence-corrected chi connectivity index (χ3v) is 12.4. The molecule has 0 spiro atoms. The van der Waals surface area contributed by atoms with Gasteiger partial charge in [-0.15, -0.1) is 0 Å². The van der Waals surface area contributed by atoms with Gasteiger partial charge in [0.2, 0.25) is 0 Å². The highest BCUT2D eigenvalue weighted by Gasteiger charge is 2.22. The average Bonchev–Trinajstić information content (AvgIpc) is 3.13. The van der Waals surface area contributed by atoms with E-state index >= 15 is 0 Å². The maximum Gasteiger partial charge on any atom is 0.0991 e. The lowest BCUT2D eigenvalue weighted by Crippen LogP contribution is -2.12. The van der Waals surface area contributed by atoms with Crippen molar-refractivity contribution in [2.75, 3.05) is 0 Å². The first-order valence-electron chi connectivity index (χ1n) is 18.0. The molecule has 2 aliphatic rings. The van der Waals surface area contributed by atoms with Crippen molar-refractivity contribution in [3.63, 3.8) is 0 Å². The van der Waals surface area contributed by atoms with Gasteiger partial charge in [-0.1, -0.05) is 87.0 Å². The largest absolute Gasteiger partial charge is 0.192 e. The molecule has 6 rings (SSSR count). The van der Waals surface area contributed by atoms with E-state index in [1.54, 1.807) is 11.8 Å². The summed E-state index contributed by atoms with van der Waals surface area (Å²) in [7, 11) is 0. The number of nitriles is 2. The van der Waals surface area contributed by atoms with Crippen LogP contribution in [0.15, 0.2) is 94.7 Å². The molecule has 0 bridgehead atoms. The fourth-order valence-electron chi connectivity index (χ4n) is 7.96. The lowest BCUT2D eigenvalue weighted by molar-refractivity contribution is 0.319. The fraction of sp³-hybridized carbons (Fsp3) is 0.409. The first kappa shape index (κ1) is 33.1. The number of benzene rings is 4. The van der Waals surface area contributed by atoms with E-state index in [-0.39, 0.29) is 0 Å². The molecule has 2 nitrogen and oxygen atoms in total. The van der Waals surface area contributed by atoms with Crippen molar-refractivity contribution in [2.45, 2.75) is 113 Å². The fourth-order valence-corrected chi connectivity index (χ4v) is 8.99. The zero-order valence-electron chi connectivity index (χ0n) is 28.2. The molecular weight excluding hydrogens is 589 g/mol. The van der Waals surface area contributed by atoms with Crippen LogP contribution in [0.3, 0.4) is 0 Å². The van der Waals surface area contributed by atoms with Gasteiger partial charge in [0.05, 0.1) is 23.3 Å². The minimum atomic E-state index is 0.687. The maximum atomic E-state index is 9.73.